The predicted molar refractivity (Wildman–Crippen MR) is 158 cm³/mol. The molecule has 0 aliphatic heterocycles. The summed E-state index contributed by atoms with van der Waals surface area (Å²) in [7, 11) is 5.25. The zero-order valence-corrected chi connectivity index (χ0v) is 27.2. The molecule has 2 aromatic heterocycles. The number of aryl methyl sites for hydroxylation is 1. The van der Waals surface area contributed by atoms with E-state index in [1.165, 1.54) is 31.6 Å². The molecule has 4 N–H and O–H groups in total. The summed E-state index contributed by atoms with van der Waals surface area (Å²) in [6.45, 7) is 3.60. The second-order valence-electron chi connectivity index (χ2n) is 10.2. The molecule has 2 amide bonds. The average molecular weight is 724 g/mol. The molecule has 14 heteroatoms. The van der Waals surface area contributed by atoms with Crippen LogP contribution in [-0.4, -0.2) is 80.8 Å². The van der Waals surface area contributed by atoms with Crippen molar-refractivity contribution in [1.29, 1.82) is 0 Å². The fraction of sp³-hybridized carbons (Fsp3) is 0.333. The Labute approximate surface area is 265 Å². The number of aromatic nitrogens is 3. The molecule has 0 spiro atoms. The summed E-state index contributed by atoms with van der Waals surface area (Å²) in [6, 6.07) is 8.19. The van der Waals surface area contributed by atoms with Crippen LogP contribution in [0.2, 0.25) is 0 Å². The van der Waals surface area contributed by atoms with Crippen LogP contribution in [0.15, 0.2) is 48.9 Å². The van der Waals surface area contributed by atoms with Crippen LogP contribution in [0, 0.1) is 11.6 Å². The van der Waals surface area contributed by atoms with Gasteiger partial charge in [-0.1, -0.05) is 0 Å². The SMILES string of the molecule is CCc1cc(Nc2nccn3c(-c4ccc(OC)c(F)c4F)cnc23)ccc1C(=O)NCCOCC[I-][N+](C)(C)CC(N)=O. The summed E-state index contributed by atoms with van der Waals surface area (Å²) in [6.07, 6.45) is 5.22. The van der Waals surface area contributed by atoms with Crippen LogP contribution in [0.25, 0.3) is 16.9 Å². The number of halogens is 3. The van der Waals surface area contributed by atoms with Gasteiger partial charge in [-0.15, -0.1) is 0 Å². The molecule has 0 unspecified atom stereocenters. The van der Waals surface area contributed by atoms with E-state index in [2.05, 4.69) is 20.6 Å². The number of anilines is 2. The number of alkyl halides is 1. The Kier molecular flexibility index (Phi) is 11.0. The fourth-order valence-electron chi connectivity index (χ4n) is 4.58. The van der Waals surface area contributed by atoms with E-state index < -0.39 is 11.6 Å². The van der Waals surface area contributed by atoms with Gasteiger partial charge in [-0.05, 0) is 12.1 Å². The third kappa shape index (κ3) is 7.98. The molecule has 236 valence electrons. The maximum atomic E-state index is 14.8. The molecule has 0 aliphatic carbocycles. The van der Waals surface area contributed by atoms with Crippen LogP contribution in [0.1, 0.15) is 22.8 Å². The second kappa shape index (κ2) is 14.7. The van der Waals surface area contributed by atoms with Crippen molar-refractivity contribution in [3.63, 3.8) is 0 Å². The van der Waals surface area contributed by atoms with E-state index in [-0.39, 0.29) is 44.6 Å². The summed E-state index contributed by atoms with van der Waals surface area (Å²) in [4.78, 5) is 32.9. The third-order valence-electron chi connectivity index (χ3n) is 6.66. The monoisotopic (exact) mass is 723 g/mol. The number of nitrogens with two attached hydrogens (primary N) is 1. The number of ether oxygens (including phenoxy) is 2. The van der Waals surface area contributed by atoms with Crippen molar-refractivity contribution in [2.45, 2.75) is 13.3 Å². The van der Waals surface area contributed by atoms with Crippen molar-refractivity contribution in [3.05, 3.63) is 71.7 Å². The molecular weight excluding hydrogens is 687 g/mol. The first-order valence-electron chi connectivity index (χ1n) is 13.9. The molecule has 0 saturated heterocycles. The van der Waals surface area contributed by atoms with Gasteiger partial charge in [0.25, 0.3) is 0 Å². The Bertz CT molecular complexity index is 1650. The van der Waals surface area contributed by atoms with Gasteiger partial charge in [0, 0.05) is 18.0 Å². The third-order valence-corrected chi connectivity index (χ3v) is 9.77. The molecule has 11 nitrogen and oxygen atoms in total. The Morgan fingerprint density at radius 3 is 2.64 bits per heavy atom. The van der Waals surface area contributed by atoms with E-state index in [0.29, 0.717) is 63.8 Å². The Morgan fingerprint density at radius 2 is 1.91 bits per heavy atom. The van der Waals surface area contributed by atoms with Crippen LogP contribution in [0.3, 0.4) is 0 Å². The van der Waals surface area contributed by atoms with E-state index in [1.807, 2.05) is 27.1 Å². The summed E-state index contributed by atoms with van der Waals surface area (Å²) in [5.74, 6) is -2.39. The minimum absolute atomic E-state index is 0.0341. The molecule has 0 atom stereocenters. The Hall–Kier alpha value is -3.89. The number of carbonyl (C=O) groups is 2. The topological polar surface area (TPSA) is 133 Å². The van der Waals surface area contributed by atoms with Gasteiger partial charge in [-0.2, -0.15) is 4.39 Å². The number of hydrogen-bond acceptors (Lipinski definition) is 7. The van der Waals surface area contributed by atoms with Crippen molar-refractivity contribution in [3.8, 4) is 17.0 Å². The van der Waals surface area contributed by atoms with Gasteiger partial charge in [0.05, 0.1) is 19.0 Å². The number of hydrogen-bond donors (Lipinski definition) is 3. The van der Waals surface area contributed by atoms with Crippen molar-refractivity contribution in [2.24, 2.45) is 5.73 Å². The number of methoxy groups -OCH3 is 1. The molecule has 0 fully saturated rings. The van der Waals surface area contributed by atoms with Crippen LogP contribution < -0.4 is 42.6 Å². The first-order chi connectivity index (χ1) is 21.0. The maximum absolute atomic E-state index is 14.8. The van der Waals surface area contributed by atoms with E-state index in [0.717, 1.165) is 9.99 Å². The quantitative estimate of drug-likeness (QED) is 0.0697. The van der Waals surface area contributed by atoms with Gasteiger partial charge in [-0.25, -0.2) is 14.4 Å². The molecule has 0 radical (unpaired) electrons. The number of likely N-dealkylation sites (N-methyl/N-ethyl adjacent to an activating group) is 1. The predicted octanol–water partition coefficient (Wildman–Crippen LogP) is 0.301. The molecule has 0 aliphatic rings. The summed E-state index contributed by atoms with van der Waals surface area (Å²) in [5, 5.41) is 6.13. The van der Waals surface area contributed by atoms with Crippen molar-refractivity contribution in [1.82, 2.24) is 19.7 Å². The molecular formula is C30H36F2IN7O4. The molecule has 2 heterocycles. The van der Waals surface area contributed by atoms with E-state index in [1.54, 1.807) is 22.7 Å². The standard InChI is InChI=1S/C30H36F2IN7O4/c1-5-19-16-20(6-7-21(19)30(42)36-12-15-44-14-10-33-40(2,3)18-25(34)41)38-28-29-37-17-23(39(29)13-11-35-28)22-8-9-24(43-4)27(32)26(22)31/h6-9,11,13,16-17H,5,10,12,14-15,18H2,1-4H3,(H2,34,41)(H,35,38)(H,36,42). The second-order valence-corrected chi connectivity index (χ2v) is 14.6. The van der Waals surface area contributed by atoms with Gasteiger partial charge in [0.1, 0.15) is 0 Å². The van der Waals surface area contributed by atoms with Crippen LogP contribution in [0.4, 0.5) is 20.3 Å². The molecule has 4 aromatic rings. The van der Waals surface area contributed by atoms with Crippen molar-refractivity contribution < 1.29 is 52.0 Å². The number of imidazole rings is 1. The number of nitrogens with zero attached hydrogens (tertiary/aromatic N) is 4. The summed E-state index contributed by atoms with van der Waals surface area (Å²) >= 11 is -0.305. The van der Waals surface area contributed by atoms with Gasteiger partial charge in [0.15, 0.2) is 23.0 Å². The molecule has 2 aromatic carbocycles. The number of benzene rings is 2. The molecule has 44 heavy (non-hydrogen) atoms. The number of primary amides is 1. The number of quaternary nitrogens is 1. The van der Waals surface area contributed by atoms with Gasteiger partial charge in [0.2, 0.25) is 5.82 Å². The van der Waals surface area contributed by atoms with E-state index in [4.69, 9.17) is 15.2 Å². The van der Waals surface area contributed by atoms with Gasteiger partial charge in [-0.3, -0.25) is 4.40 Å². The Balaban J connectivity index is 1.38. The fourth-order valence-corrected chi connectivity index (χ4v) is 6.97. The van der Waals surface area contributed by atoms with Crippen molar-refractivity contribution >= 4 is 29.0 Å². The summed E-state index contributed by atoms with van der Waals surface area (Å²) in [5.41, 5.74) is 8.18. The zero-order chi connectivity index (χ0) is 31.9. The number of amides is 2. The molecule has 4 rings (SSSR count). The number of rotatable bonds is 15. The van der Waals surface area contributed by atoms with Crippen LogP contribution in [-0.2, 0) is 16.0 Å². The number of fused-ring (bicyclic) bond motifs is 1. The summed E-state index contributed by atoms with van der Waals surface area (Å²) < 4.78 is 42.8. The Morgan fingerprint density at radius 1 is 1.11 bits per heavy atom. The van der Waals surface area contributed by atoms with Gasteiger partial charge < -0.3 is 4.74 Å². The average Bonchev–Trinajstić information content (AvgIpc) is 3.42. The normalized spacial score (nSPS) is 11.6. The van der Waals surface area contributed by atoms with Gasteiger partial charge >= 0.3 is 160 Å². The van der Waals surface area contributed by atoms with Crippen LogP contribution >= 0.6 is 0 Å². The molecule has 0 bridgehead atoms. The zero-order valence-electron chi connectivity index (χ0n) is 25.0. The molecule has 0 saturated carbocycles. The number of carbonyl (C=O) groups excluding carboxylic acids is 2. The van der Waals surface area contributed by atoms with Crippen LogP contribution in [0.5, 0.6) is 5.75 Å². The van der Waals surface area contributed by atoms with Crippen molar-refractivity contribution in [2.75, 3.05) is 57.3 Å². The first-order valence-corrected chi connectivity index (χ1v) is 16.4. The van der Waals surface area contributed by atoms with E-state index >= 15 is 0 Å². The first kappa shape index (κ1) is 33.0. The minimum atomic E-state index is -1.07. The van der Waals surface area contributed by atoms with E-state index in [9.17, 15) is 18.4 Å². The number of nitrogens with one attached hydrogen (secondary N) is 2.